The number of aliphatic hydroxyl groups is 1. The van der Waals surface area contributed by atoms with Crippen LogP contribution in [0.1, 0.15) is 6.92 Å². The molecule has 1 unspecified atom stereocenters. The Morgan fingerprint density at radius 1 is 1.62 bits per heavy atom. The molecule has 0 aliphatic carbocycles. The van der Waals surface area contributed by atoms with Gasteiger partial charge in [0.05, 0.1) is 6.10 Å². The molecule has 0 aromatic carbocycles. The van der Waals surface area contributed by atoms with Gasteiger partial charge in [0.25, 0.3) is 10.1 Å². The van der Waals surface area contributed by atoms with Crippen LogP contribution in [-0.4, -0.2) is 61.5 Å². The van der Waals surface area contributed by atoms with Crippen molar-refractivity contribution in [3.05, 3.63) is 12.7 Å². The van der Waals surface area contributed by atoms with Crippen molar-refractivity contribution in [2.24, 2.45) is 0 Å². The molecule has 0 amide bonds. The van der Waals surface area contributed by atoms with Crippen LogP contribution in [0.15, 0.2) is 12.7 Å². The summed E-state index contributed by atoms with van der Waals surface area (Å²) in [5.41, 5.74) is 0. The van der Waals surface area contributed by atoms with E-state index in [-0.39, 0.29) is 36.2 Å². The molecule has 1 radical (unpaired) electrons. The number of hydrogen-bond acceptors (Lipinski definition) is 5. The molecule has 0 rings (SSSR count). The first-order valence-corrected chi connectivity index (χ1v) is 4.88. The Morgan fingerprint density at radius 2 is 2.15 bits per heavy atom. The van der Waals surface area contributed by atoms with Crippen LogP contribution in [0.2, 0.25) is 0 Å². The number of rotatable bonds is 6. The summed E-state index contributed by atoms with van der Waals surface area (Å²) in [6.07, 6.45) is 0.375. The van der Waals surface area contributed by atoms with E-state index < -0.39 is 22.0 Å². The van der Waals surface area contributed by atoms with E-state index in [1.807, 2.05) is 0 Å². The third-order valence-electron chi connectivity index (χ3n) is 0.783. The maximum Gasteiger partial charge on any atom is 0.296 e. The van der Waals surface area contributed by atoms with E-state index in [0.717, 1.165) is 0 Å². The average molecular weight is 219 g/mol. The van der Waals surface area contributed by atoms with E-state index >= 15 is 0 Å². The summed E-state index contributed by atoms with van der Waals surface area (Å²) in [6.45, 7) is 4.62. The van der Waals surface area contributed by atoms with Crippen molar-refractivity contribution in [2.45, 2.75) is 13.0 Å². The molecular formula is C6H12NaO5S. The molecule has 0 spiro atoms. The Bertz CT molecular complexity index is 223. The third kappa shape index (κ3) is 10.5. The van der Waals surface area contributed by atoms with Gasteiger partial charge < -0.3 is 5.11 Å². The quantitative estimate of drug-likeness (QED) is 0.213. The molecule has 7 heteroatoms. The van der Waals surface area contributed by atoms with E-state index in [9.17, 15) is 8.42 Å². The molecule has 0 aromatic rings. The number of aliphatic hydroxyl groups excluding tert-OH is 1. The van der Waals surface area contributed by atoms with Gasteiger partial charge >= 0.3 is 0 Å². The summed E-state index contributed by atoms with van der Waals surface area (Å²) in [7, 11) is -3.77. The molecule has 0 heterocycles. The van der Waals surface area contributed by atoms with Crippen molar-refractivity contribution in [2.75, 3.05) is 12.4 Å². The van der Waals surface area contributed by atoms with E-state index in [2.05, 4.69) is 15.8 Å². The van der Waals surface area contributed by atoms with Gasteiger partial charge in [-0.3, -0.25) is 0 Å². The zero-order chi connectivity index (χ0) is 9.61. The van der Waals surface area contributed by atoms with E-state index in [1.54, 1.807) is 0 Å². The van der Waals surface area contributed by atoms with Crippen molar-refractivity contribution in [1.29, 1.82) is 0 Å². The van der Waals surface area contributed by atoms with Gasteiger partial charge in [0.2, 0.25) is 0 Å². The molecule has 1 atom stereocenters. The summed E-state index contributed by atoms with van der Waals surface area (Å²) in [4.78, 5) is 4.23. The van der Waals surface area contributed by atoms with Crippen molar-refractivity contribution in [3.63, 3.8) is 0 Å². The van der Waals surface area contributed by atoms with Gasteiger partial charge in [-0.2, -0.15) is 8.42 Å². The van der Waals surface area contributed by atoms with Gasteiger partial charge in [0.15, 0.2) is 0 Å². The predicted molar refractivity (Wildman–Crippen MR) is 48.5 cm³/mol. The van der Waals surface area contributed by atoms with Gasteiger partial charge in [-0.25, -0.2) is 4.89 Å². The summed E-state index contributed by atoms with van der Waals surface area (Å²) in [5.74, 6) is -0.482. The van der Waals surface area contributed by atoms with Crippen LogP contribution in [0.3, 0.4) is 0 Å². The van der Waals surface area contributed by atoms with Crippen LogP contribution in [0.4, 0.5) is 0 Å². The third-order valence-corrected chi connectivity index (χ3v) is 1.98. The maximum atomic E-state index is 10.8. The van der Waals surface area contributed by atoms with E-state index in [0.29, 0.717) is 0 Å². The molecular weight excluding hydrogens is 207 g/mol. The van der Waals surface area contributed by atoms with Crippen molar-refractivity contribution in [3.8, 4) is 0 Å². The van der Waals surface area contributed by atoms with Crippen LogP contribution in [0.5, 0.6) is 0 Å². The van der Waals surface area contributed by atoms with Gasteiger partial charge in [0, 0.05) is 29.6 Å². The largest absolute Gasteiger partial charge is 0.392 e. The molecule has 0 aromatic heterocycles. The van der Waals surface area contributed by atoms with Crippen LogP contribution in [0, 0.1) is 0 Å². The first-order valence-electron chi connectivity index (χ1n) is 3.30. The predicted octanol–water partition coefficient (Wildman–Crippen LogP) is -0.550. The first-order chi connectivity index (χ1) is 5.48. The molecule has 73 valence electrons. The fourth-order valence-electron chi connectivity index (χ4n) is 0.472. The Balaban J connectivity index is 0. The summed E-state index contributed by atoms with van der Waals surface area (Å²) < 4.78 is 25.6. The van der Waals surface area contributed by atoms with Gasteiger partial charge in [-0.05, 0) is 6.92 Å². The smallest absolute Gasteiger partial charge is 0.296 e. The molecule has 5 nitrogen and oxygen atoms in total. The molecule has 0 fully saturated rings. The van der Waals surface area contributed by atoms with E-state index in [4.69, 9.17) is 5.11 Å². The monoisotopic (exact) mass is 219 g/mol. The molecule has 0 saturated carbocycles. The summed E-state index contributed by atoms with van der Waals surface area (Å²) in [5, 5.41) is 8.71. The van der Waals surface area contributed by atoms with E-state index in [1.165, 1.54) is 13.0 Å². The van der Waals surface area contributed by atoms with Crippen LogP contribution in [0.25, 0.3) is 0 Å². The average Bonchev–Trinajstić information content (AvgIpc) is 1.84. The SMILES string of the molecule is C=CCOOS(=O)(=O)CC(C)O.[Na]. The Morgan fingerprint density at radius 3 is 2.54 bits per heavy atom. The molecule has 0 bridgehead atoms. The molecule has 1 N–H and O–H groups in total. The van der Waals surface area contributed by atoms with Crippen molar-refractivity contribution in [1.82, 2.24) is 0 Å². The maximum absolute atomic E-state index is 10.8. The zero-order valence-corrected chi connectivity index (χ0v) is 10.6. The minimum atomic E-state index is -3.77. The molecule has 0 aliphatic rings. The standard InChI is InChI=1S/C6H12O5S.Na/c1-3-4-10-11-12(8,9)5-6(2)7;/h3,6-7H,1,4-5H2,2H3;. The molecule has 0 aliphatic heterocycles. The van der Waals surface area contributed by atoms with Crippen LogP contribution < -0.4 is 0 Å². The Labute approximate surface area is 100 Å². The molecule has 13 heavy (non-hydrogen) atoms. The Kier molecular flexibility index (Phi) is 9.77. The normalized spacial score (nSPS) is 13.1. The fourth-order valence-corrected chi connectivity index (χ4v) is 1.32. The first kappa shape index (κ1) is 16.0. The second kappa shape index (κ2) is 7.93. The molecule has 0 saturated heterocycles. The van der Waals surface area contributed by atoms with Crippen molar-refractivity contribution >= 4 is 39.7 Å². The van der Waals surface area contributed by atoms with Crippen LogP contribution in [-0.2, 0) is 19.3 Å². The van der Waals surface area contributed by atoms with Gasteiger partial charge in [0.1, 0.15) is 12.4 Å². The van der Waals surface area contributed by atoms with Gasteiger partial charge in [-0.1, -0.05) is 6.08 Å². The topological polar surface area (TPSA) is 72.8 Å². The fraction of sp³-hybridized carbons (Fsp3) is 0.667. The van der Waals surface area contributed by atoms with Crippen LogP contribution >= 0.6 is 0 Å². The summed E-state index contributed by atoms with van der Waals surface area (Å²) in [6, 6.07) is 0. The summed E-state index contributed by atoms with van der Waals surface area (Å²) >= 11 is 0. The number of hydrogen-bond donors (Lipinski definition) is 1. The zero-order valence-electron chi connectivity index (χ0n) is 7.76. The Hall–Kier alpha value is 0.570. The second-order valence-electron chi connectivity index (χ2n) is 2.21. The minimum absolute atomic E-state index is 0. The minimum Gasteiger partial charge on any atom is -0.392 e. The van der Waals surface area contributed by atoms with Gasteiger partial charge in [-0.15, -0.1) is 10.9 Å². The second-order valence-corrected chi connectivity index (χ2v) is 3.80. The van der Waals surface area contributed by atoms with Crippen molar-refractivity contribution < 1.29 is 22.7 Å².